The highest BCUT2D eigenvalue weighted by molar-refractivity contribution is 5.96. The summed E-state index contributed by atoms with van der Waals surface area (Å²) >= 11 is 0. The second-order valence-electron chi connectivity index (χ2n) is 4.90. The average molecular weight is 283 g/mol. The first-order valence-electron chi connectivity index (χ1n) is 7.08. The highest BCUT2D eigenvalue weighted by Gasteiger charge is 2.12. The van der Waals surface area contributed by atoms with E-state index in [9.17, 15) is 4.79 Å². The average Bonchev–Trinajstić information content (AvgIpc) is 2.54. The molecule has 2 aromatic rings. The molecule has 2 aromatic carbocycles. The molecule has 1 amide bonds. The minimum absolute atomic E-state index is 0.120. The van der Waals surface area contributed by atoms with Gasteiger partial charge in [-0.2, -0.15) is 0 Å². The van der Waals surface area contributed by atoms with Crippen molar-refractivity contribution in [1.82, 2.24) is 5.32 Å². The van der Waals surface area contributed by atoms with Crippen molar-refractivity contribution in [2.45, 2.75) is 19.4 Å². The number of hydrogen-bond donors (Lipinski definition) is 3. The number of carbonyl (C=O) groups excluding carboxylic acids is 1. The van der Waals surface area contributed by atoms with Crippen LogP contribution in [0.1, 0.15) is 35.3 Å². The largest absolute Gasteiger partial charge is 0.397 e. The van der Waals surface area contributed by atoms with E-state index in [4.69, 9.17) is 5.73 Å². The molecule has 4 N–H and O–H groups in total. The van der Waals surface area contributed by atoms with Gasteiger partial charge in [0, 0.05) is 12.6 Å². The van der Waals surface area contributed by atoms with Gasteiger partial charge >= 0.3 is 0 Å². The summed E-state index contributed by atoms with van der Waals surface area (Å²) in [6, 6.07) is 15.6. The monoisotopic (exact) mass is 283 g/mol. The Kier molecular flexibility index (Phi) is 4.82. The lowest BCUT2D eigenvalue weighted by Gasteiger charge is -2.20. The van der Waals surface area contributed by atoms with Gasteiger partial charge < -0.3 is 16.4 Å². The molecule has 4 heteroatoms. The van der Waals surface area contributed by atoms with Crippen molar-refractivity contribution in [1.29, 1.82) is 0 Å². The maximum absolute atomic E-state index is 11.7. The van der Waals surface area contributed by atoms with Crippen molar-refractivity contribution >= 4 is 17.3 Å². The second kappa shape index (κ2) is 6.79. The molecule has 0 spiro atoms. The van der Waals surface area contributed by atoms with E-state index in [0.29, 0.717) is 11.3 Å². The zero-order valence-electron chi connectivity index (χ0n) is 12.4. The molecule has 0 saturated heterocycles. The van der Waals surface area contributed by atoms with Crippen LogP contribution in [0.2, 0.25) is 0 Å². The van der Waals surface area contributed by atoms with Gasteiger partial charge in [0.25, 0.3) is 5.91 Å². The number of rotatable bonds is 5. The zero-order valence-corrected chi connectivity index (χ0v) is 12.4. The molecular weight excluding hydrogens is 262 g/mol. The third kappa shape index (κ3) is 3.54. The van der Waals surface area contributed by atoms with Crippen molar-refractivity contribution in [3.05, 3.63) is 59.7 Å². The third-order valence-corrected chi connectivity index (χ3v) is 3.48. The van der Waals surface area contributed by atoms with Gasteiger partial charge in [0.05, 0.1) is 17.4 Å². The van der Waals surface area contributed by atoms with Gasteiger partial charge in [-0.25, -0.2) is 0 Å². The van der Waals surface area contributed by atoms with E-state index in [2.05, 4.69) is 29.7 Å². The molecule has 4 nitrogen and oxygen atoms in total. The summed E-state index contributed by atoms with van der Waals surface area (Å²) in [7, 11) is 1.62. The predicted molar refractivity (Wildman–Crippen MR) is 87.3 cm³/mol. The molecule has 110 valence electrons. The molecule has 0 aliphatic rings. The molecule has 2 rings (SSSR count). The minimum Gasteiger partial charge on any atom is -0.397 e. The highest BCUT2D eigenvalue weighted by atomic mass is 16.1. The molecule has 0 bridgehead atoms. The number of nitrogens with two attached hydrogens (primary N) is 1. The number of anilines is 2. The van der Waals surface area contributed by atoms with E-state index in [1.807, 2.05) is 18.2 Å². The van der Waals surface area contributed by atoms with E-state index in [-0.39, 0.29) is 11.9 Å². The molecule has 1 unspecified atom stereocenters. The zero-order chi connectivity index (χ0) is 15.2. The van der Waals surface area contributed by atoms with Gasteiger partial charge in [-0.05, 0) is 30.2 Å². The first-order valence-corrected chi connectivity index (χ1v) is 7.08. The number of nitrogens with one attached hydrogen (secondary N) is 2. The van der Waals surface area contributed by atoms with Crippen molar-refractivity contribution in [3.8, 4) is 0 Å². The SMILES string of the molecule is CCC(Nc1cc(C(=O)NC)ccc1N)c1ccccc1. The third-order valence-electron chi connectivity index (χ3n) is 3.48. The molecule has 1 atom stereocenters. The van der Waals surface area contributed by atoms with Gasteiger partial charge in [-0.3, -0.25) is 4.79 Å². The smallest absolute Gasteiger partial charge is 0.251 e. The van der Waals surface area contributed by atoms with Gasteiger partial charge in [-0.1, -0.05) is 37.3 Å². The first kappa shape index (κ1) is 14.9. The summed E-state index contributed by atoms with van der Waals surface area (Å²) in [5, 5.41) is 6.05. The summed E-state index contributed by atoms with van der Waals surface area (Å²) in [6.07, 6.45) is 0.924. The van der Waals surface area contributed by atoms with E-state index in [1.165, 1.54) is 5.56 Å². The van der Waals surface area contributed by atoms with Crippen molar-refractivity contribution in [3.63, 3.8) is 0 Å². The summed E-state index contributed by atoms with van der Waals surface area (Å²) in [4.78, 5) is 11.7. The summed E-state index contributed by atoms with van der Waals surface area (Å²) in [6.45, 7) is 2.11. The summed E-state index contributed by atoms with van der Waals surface area (Å²) in [5.74, 6) is -0.120. The van der Waals surface area contributed by atoms with Crippen LogP contribution >= 0.6 is 0 Å². The Hall–Kier alpha value is -2.49. The van der Waals surface area contributed by atoms with Gasteiger partial charge in [-0.15, -0.1) is 0 Å². The molecule has 0 aliphatic heterocycles. The Morgan fingerprint density at radius 1 is 1.19 bits per heavy atom. The van der Waals surface area contributed by atoms with Crippen LogP contribution in [0.4, 0.5) is 11.4 Å². The van der Waals surface area contributed by atoms with Crippen molar-refractivity contribution < 1.29 is 4.79 Å². The Labute approximate surface area is 125 Å². The van der Waals surface area contributed by atoms with E-state index >= 15 is 0 Å². The lowest BCUT2D eigenvalue weighted by atomic mass is 10.0. The summed E-state index contributed by atoms with van der Waals surface area (Å²) < 4.78 is 0. The van der Waals surface area contributed by atoms with Gasteiger partial charge in [0.2, 0.25) is 0 Å². The number of hydrogen-bond acceptors (Lipinski definition) is 3. The molecule has 0 saturated carbocycles. The quantitative estimate of drug-likeness (QED) is 0.738. The van der Waals surface area contributed by atoms with Crippen LogP contribution in [0.25, 0.3) is 0 Å². The molecule has 0 aliphatic carbocycles. The van der Waals surface area contributed by atoms with Crippen molar-refractivity contribution in [2.24, 2.45) is 0 Å². The lowest BCUT2D eigenvalue weighted by molar-refractivity contribution is 0.0963. The van der Waals surface area contributed by atoms with Crippen LogP contribution in [0, 0.1) is 0 Å². The molecule has 0 fully saturated rings. The fourth-order valence-corrected chi connectivity index (χ4v) is 2.26. The van der Waals surface area contributed by atoms with Crippen LogP contribution in [-0.4, -0.2) is 13.0 Å². The van der Waals surface area contributed by atoms with E-state index < -0.39 is 0 Å². The van der Waals surface area contributed by atoms with Crippen LogP contribution in [-0.2, 0) is 0 Å². The molecule has 0 aromatic heterocycles. The second-order valence-corrected chi connectivity index (χ2v) is 4.90. The molecule has 21 heavy (non-hydrogen) atoms. The van der Waals surface area contributed by atoms with E-state index in [0.717, 1.165) is 12.1 Å². The summed E-state index contributed by atoms with van der Waals surface area (Å²) in [5.41, 5.74) is 9.23. The number of carbonyl (C=O) groups is 1. The first-order chi connectivity index (χ1) is 10.2. The van der Waals surface area contributed by atoms with Crippen LogP contribution in [0.15, 0.2) is 48.5 Å². The fraction of sp³-hybridized carbons (Fsp3) is 0.235. The van der Waals surface area contributed by atoms with Crippen LogP contribution < -0.4 is 16.4 Å². The predicted octanol–water partition coefficient (Wildman–Crippen LogP) is 3.19. The number of amides is 1. The highest BCUT2D eigenvalue weighted by Crippen LogP contribution is 2.27. The molecule has 0 radical (unpaired) electrons. The molecule has 0 heterocycles. The maximum Gasteiger partial charge on any atom is 0.251 e. The van der Waals surface area contributed by atoms with Gasteiger partial charge in [0.1, 0.15) is 0 Å². The number of benzene rings is 2. The van der Waals surface area contributed by atoms with E-state index in [1.54, 1.807) is 25.2 Å². The number of nitrogen functional groups attached to an aromatic ring is 1. The topological polar surface area (TPSA) is 67.2 Å². The Bertz CT molecular complexity index is 611. The fourth-order valence-electron chi connectivity index (χ4n) is 2.26. The Morgan fingerprint density at radius 2 is 1.90 bits per heavy atom. The van der Waals surface area contributed by atoms with Crippen LogP contribution in [0.5, 0.6) is 0 Å². The van der Waals surface area contributed by atoms with Crippen LogP contribution in [0.3, 0.4) is 0 Å². The Balaban J connectivity index is 2.27. The van der Waals surface area contributed by atoms with Crippen molar-refractivity contribution in [2.75, 3.05) is 18.1 Å². The standard InChI is InChI=1S/C17H21N3O/c1-3-15(12-7-5-4-6-8-12)20-16-11-13(17(21)19-2)9-10-14(16)18/h4-11,15,20H,3,18H2,1-2H3,(H,19,21). The maximum atomic E-state index is 11.7. The normalized spacial score (nSPS) is 11.7. The van der Waals surface area contributed by atoms with Gasteiger partial charge in [0.15, 0.2) is 0 Å². The molecular formula is C17H21N3O. The minimum atomic E-state index is -0.120. The Morgan fingerprint density at radius 3 is 2.52 bits per heavy atom. The lowest BCUT2D eigenvalue weighted by Crippen LogP contribution is -2.18.